The minimum atomic E-state index is -3.07. The van der Waals surface area contributed by atoms with Crippen molar-refractivity contribution in [2.24, 2.45) is 11.0 Å². The Kier molecular flexibility index (Phi) is 4.15. The minimum absolute atomic E-state index is 0.0599. The van der Waals surface area contributed by atoms with Crippen LogP contribution < -0.4 is 5.43 Å². The number of nitrogens with one attached hydrogen (secondary N) is 1. The summed E-state index contributed by atoms with van der Waals surface area (Å²) in [5, 5.41) is 12.4. The maximum atomic E-state index is 11.7. The summed E-state index contributed by atoms with van der Waals surface area (Å²) in [6, 6.07) is 8.70. The number of amides is 1. The molecule has 0 aliphatic carbocycles. The Morgan fingerprint density at radius 1 is 1.40 bits per heavy atom. The molecule has 1 fully saturated rings. The van der Waals surface area contributed by atoms with E-state index in [1.807, 2.05) is 6.07 Å². The van der Waals surface area contributed by atoms with Crippen molar-refractivity contribution in [1.82, 2.24) is 5.43 Å². The van der Waals surface area contributed by atoms with Gasteiger partial charge in [0.25, 0.3) is 0 Å². The number of benzene rings is 1. The first-order valence-electron chi connectivity index (χ1n) is 6.04. The highest BCUT2D eigenvalue weighted by molar-refractivity contribution is 7.91. The molecular formula is C13H13N3O3S. The number of carbonyl (C=O) groups is 1. The topological polar surface area (TPSA) is 99.4 Å². The summed E-state index contributed by atoms with van der Waals surface area (Å²) in [6.45, 7) is 0. The molecule has 1 amide bonds. The van der Waals surface area contributed by atoms with Crippen LogP contribution in [0, 0.1) is 17.2 Å². The van der Waals surface area contributed by atoms with Crippen LogP contribution in [0.5, 0.6) is 0 Å². The van der Waals surface area contributed by atoms with Gasteiger partial charge in [0.1, 0.15) is 0 Å². The van der Waals surface area contributed by atoms with Gasteiger partial charge in [0.15, 0.2) is 9.84 Å². The van der Waals surface area contributed by atoms with Crippen LogP contribution in [0.1, 0.15) is 17.5 Å². The fraction of sp³-hybridized carbons (Fsp3) is 0.308. The van der Waals surface area contributed by atoms with Crippen molar-refractivity contribution >= 4 is 22.0 Å². The maximum absolute atomic E-state index is 11.7. The predicted molar refractivity (Wildman–Crippen MR) is 73.7 cm³/mol. The predicted octanol–water partition coefficient (Wildman–Crippen LogP) is 0.443. The van der Waals surface area contributed by atoms with Gasteiger partial charge in [0, 0.05) is 0 Å². The van der Waals surface area contributed by atoms with Crippen LogP contribution in [-0.4, -0.2) is 32.0 Å². The molecule has 6 nitrogen and oxygen atoms in total. The second kappa shape index (κ2) is 5.84. The second-order valence-electron chi connectivity index (χ2n) is 4.57. The number of sulfone groups is 1. The second-order valence-corrected chi connectivity index (χ2v) is 6.80. The van der Waals surface area contributed by atoms with Gasteiger partial charge < -0.3 is 0 Å². The van der Waals surface area contributed by atoms with Gasteiger partial charge in [-0.15, -0.1) is 0 Å². The van der Waals surface area contributed by atoms with Crippen molar-refractivity contribution in [2.45, 2.75) is 6.42 Å². The Labute approximate surface area is 117 Å². The smallest absolute Gasteiger partial charge is 0.244 e. The standard InChI is InChI=1S/C13H13N3O3S/c14-7-10-1-3-11(4-2-10)8-15-16-13(17)12-5-6-20(18,19)9-12/h1-4,8,12H,5-6,9H2,(H,16,17)/b15-8-/t12-/m0/s1. The summed E-state index contributed by atoms with van der Waals surface area (Å²) < 4.78 is 22.5. The zero-order chi connectivity index (χ0) is 14.6. The van der Waals surface area contributed by atoms with Gasteiger partial charge in [0.05, 0.1) is 35.3 Å². The SMILES string of the molecule is N#Cc1ccc(/C=N\NC(=O)[C@H]2CCS(=O)(=O)C2)cc1. The van der Waals surface area contributed by atoms with Crippen molar-refractivity contribution in [3.05, 3.63) is 35.4 Å². The molecule has 1 heterocycles. The van der Waals surface area contributed by atoms with Crippen molar-refractivity contribution < 1.29 is 13.2 Å². The van der Waals surface area contributed by atoms with Gasteiger partial charge in [-0.25, -0.2) is 13.8 Å². The molecule has 2 rings (SSSR count). The molecule has 0 spiro atoms. The lowest BCUT2D eigenvalue weighted by atomic mass is 10.1. The minimum Gasteiger partial charge on any atom is -0.273 e. The highest BCUT2D eigenvalue weighted by atomic mass is 32.2. The number of nitrogens with zero attached hydrogens (tertiary/aromatic N) is 2. The lowest BCUT2D eigenvalue weighted by Gasteiger charge is -2.04. The first-order valence-corrected chi connectivity index (χ1v) is 7.86. The van der Waals surface area contributed by atoms with E-state index in [2.05, 4.69) is 10.5 Å². The Bertz CT molecular complexity index is 672. The number of rotatable bonds is 3. The molecule has 0 saturated carbocycles. The molecule has 0 radical (unpaired) electrons. The van der Waals surface area contributed by atoms with E-state index in [4.69, 9.17) is 5.26 Å². The van der Waals surface area contributed by atoms with Crippen LogP contribution in [-0.2, 0) is 14.6 Å². The fourth-order valence-corrected chi connectivity index (χ4v) is 3.65. The molecule has 7 heteroatoms. The monoisotopic (exact) mass is 291 g/mol. The number of hydrogen-bond acceptors (Lipinski definition) is 5. The highest BCUT2D eigenvalue weighted by Crippen LogP contribution is 2.18. The third-order valence-corrected chi connectivity index (χ3v) is 4.80. The summed E-state index contributed by atoms with van der Waals surface area (Å²) >= 11 is 0. The molecular weight excluding hydrogens is 278 g/mol. The Morgan fingerprint density at radius 2 is 2.10 bits per heavy atom. The summed E-state index contributed by atoms with van der Waals surface area (Å²) in [6.07, 6.45) is 1.79. The molecule has 1 saturated heterocycles. The zero-order valence-electron chi connectivity index (χ0n) is 10.6. The van der Waals surface area contributed by atoms with Crippen LogP contribution in [0.2, 0.25) is 0 Å². The fourth-order valence-electron chi connectivity index (χ4n) is 1.91. The van der Waals surface area contributed by atoms with E-state index in [1.165, 1.54) is 6.21 Å². The number of nitriles is 1. The summed E-state index contributed by atoms with van der Waals surface area (Å²) in [4.78, 5) is 11.7. The third kappa shape index (κ3) is 3.65. The van der Waals surface area contributed by atoms with E-state index in [9.17, 15) is 13.2 Å². The first-order chi connectivity index (χ1) is 9.50. The average molecular weight is 291 g/mol. The molecule has 0 unspecified atom stereocenters. The van der Waals surface area contributed by atoms with Crippen LogP contribution >= 0.6 is 0 Å². The van der Waals surface area contributed by atoms with E-state index < -0.39 is 15.8 Å². The lowest BCUT2D eigenvalue weighted by Crippen LogP contribution is -2.27. The molecule has 1 atom stereocenters. The van der Waals surface area contributed by atoms with E-state index in [0.717, 1.165) is 5.56 Å². The zero-order valence-corrected chi connectivity index (χ0v) is 11.4. The summed E-state index contributed by atoms with van der Waals surface area (Å²) in [5.41, 5.74) is 3.62. The van der Waals surface area contributed by atoms with Gasteiger partial charge in [-0.05, 0) is 24.1 Å². The summed E-state index contributed by atoms with van der Waals surface area (Å²) in [5.74, 6) is -0.940. The number of hydrazone groups is 1. The molecule has 0 aromatic heterocycles. The van der Waals surface area contributed by atoms with Gasteiger partial charge in [0.2, 0.25) is 5.91 Å². The van der Waals surface area contributed by atoms with Crippen LogP contribution in [0.3, 0.4) is 0 Å². The van der Waals surface area contributed by atoms with E-state index >= 15 is 0 Å². The van der Waals surface area contributed by atoms with Crippen molar-refractivity contribution in [1.29, 1.82) is 5.26 Å². The molecule has 20 heavy (non-hydrogen) atoms. The number of carbonyl (C=O) groups excluding carboxylic acids is 1. The van der Waals surface area contributed by atoms with E-state index in [0.29, 0.717) is 12.0 Å². The Hall–Kier alpha value is -2.20. The van der Waals surface area contributed by atoms with E-state index in [-0.39, 0.29) is 17.4 Å². The van der Waals surface area contributed by atoms with Gasteiger partial charge in [-0.2, -0.15) is 10.4 Å². The Balaban J connectivity index is 1.90. The third-order valence-electron chi connectivity index (χ3n) is 3.03. The molecule has 1 aromatic rings. The highest BCUT2D eigenvalue weighted by Gasteiger charge is 2.32. The average Bonchev–Trinajstić information content (AvgIpc) is 2.80. The van der Waals surface area contributed by atoms with Crippen LogP contribution in [0.25, 0.3) is 0 Å². The van der Waals surface area contributed by atoms with Gasteiger partial charge >= 0.3 is 0 Å². The molecule has 1 aliphatic rings. The van der Waals surface area contributed by atoms with Crippen molar-refractivity contribution in [2.75, 3.05) is 11.5 Å². The van der Waals surface area contributed by atoms with Crippen molar-refractivity contribution in [3.63, 3.8) is 0 Å². The van der Waals surface area contributed by atoms with Crippen LogP contribution in [0.15, 0.2) is 29.4 Å². The van der Waals surface area contributed by atoms with E-state index in [1.54, 1.807) is 24.3 Å². The van der Waals surface area contributed by atoms with Crippen molar-refractivity contribution in [3.8, 4) is 6.07 Å². The molecule has 0 bridgehead atoms. The normalized spacial score (nSPS) is 20.6. The number of hydrogen-bond donors (Lipinski definition) is 1. The molecule has 1 aliphatic heterocycles. The maximum Gasteiger partial charge on any atom is 0.244 e. The van der Waals surface area contributed by atoms with Gasteiger partial charge in [-0.1, -0.05) is 12.1 Å². The molecule has 1 N–H and O–H groups in total. The first kappa shape index (κ1) is 14.2. The molecule has 1 aromatic carbocycles. The van der Waals surface area contributed by atoms with Crippen LogP contribution in [0.4, 0.5) is 0 Å². The summed E-state index contributed by atoms with van der Waals surface area (Å²) in [7, 11) is -3.07. The van der Waals surface area contributed by atoms with Gasteiger partial charge in [-0.3, -0.25) is 4.79 Å². The lowest BCUT2D eigenvalue weighted by molar-refractivity contribution is -0.124. The quantitative estimate of drug-likeness (QED) is 0.645. The Morgan fingerprint density at radius 3 is 2.65 bits per heavy atom. The molecule has 104 valence electrons. The largest absolute Gasteiger partial charge is 0.273 e.